The van der Waals surface area contributed by atoms with E-state index in [-0.39, 0.29) is 40.9 Å². The number of aromatic nitrogens is 2. The van der Waals surface area contributed by atoms with Crippen molar-refractivity contribution in [3.63, 3.8) is 0 Å². The highest BCUT2D eigenvalue weighted by Gasteiger charge is 2.50. The Bertz CT molecular complexity index is 1640. The summed E-state index contributed by atoms with van der Waals surface area (Å²) in [7, 11) is -2.32. The van der Waals surface area contributed by atoms with Crippen LogP contribution in [0.2, 0.25) is 0 Å². The van der Waals surface area contributed by atoms with Crippen molar-refractivity contribution < 1.29 is 22.3 Å². The fourth-order valence-corrected chi connectivity index (χ4v) is 9.21. The number of likely N-dealkylation sites (tertiary alicyclic amines) is 1. The first kappa shape index (κ1) is 32.8. The van der Waals surface area contributed by atoms with Gasteiger partial charge in [0.15, 0.2) is 0 Å². The molecule has 3 heterocycles. The van der Waals surface area contributed by atoms with Gasteiger partial charge in [0, 0.05) is 25.1 Å². The molecule has 2 fully saturated rings. The van der Waals surface area contributed by atoms with Crippen LogP contribution in [0.3, 0.4) is 0 Å². The number of piperidine rings is 1. The molecule has 10 heteroatoms. The third kappa shape index (κ3) is 6.66. The van der Waals surface area contributed by atoms with Crippen molar-refractivity contribution >= 4 is 16.0 Å². The normalized spacial score (nSPS) is 22.8. The SMILES string of the molecule is COCCN1CCC2(CC1)CC(C1c3cccc(c3)S(=O)(=O)Nc3nc(c(F)c(-c4c(C)cccc4C)n3)OC[C@H]1CC(C)C)C2. The summed E-state index contributed by atoms with van der Waals surface area (Å²) in [4.78, 5) is 11.3. The monoisotopic (exact) mass is 650 g/mol. The zero-order valence-corrected chi connectivity index (χ0v) is 28.5. The lowest BCUT2D eigenvalue weighted by atomic mass is 9.52. The number of anilines is 1. The molecule has 1 spiro atoms. The number of hydrogen-bond donors (Lipinski definition) is 1. The molecule has 0 radical (unpaired) electrons. The second kappa shape index (κ2) is 13.2. The van der Waals surface area contributed by atoms with Gasteiger partial charge in [0.25, 0.3) is 15.9 Å². The molecule has 8 nitrogen and oxygen atoms in total. The molecule has 4 bridgehead atoms. The second-order valence-electron chi connectivity index (χ2n) is 14.2. The average molecular weight is 651 g/mol. The van der Waals surface area contributed by atoms with Crippen LogP contribution in [0.15, 0.2) is 47.4 Å². The van der Waals surface area contributed by atoms with Crippen LogP contribution >= 0.6 is 0 Å². The largest absolute Gasteiger partial charge is 0.475 e. The topological polar surface area (TPSA) is 93.7 Å². The van der Waals surface area contributed by atoms with Gasteiger partial charge in [-0.3, -0.25) is 0 Å². The summed E-state index contributed by atoms with van der Waals surface area (Å²) in [5.74, 6) is -0.272. The van der Waals surface area contributed by atoms with Crippen LogP contribution in [0.25, 0.3) is 11.3 Å². The Kier molecular flexibility index (Phi) is 9.43. The third-order valence-corrected chi connectivity index (χ3v) is 11.8. The van der Waals surface area contributed by atoms with Crippen LogP contribution in [0.4, 0.5) is 10.3 Å². The molecule has 2 atom stereocenters. The van der Waals surface area contributed by atoms with E-state index in [1.165, 1.54) is 12.8 Å². The highest BCUT2D eigenvalue weighted by atomic mass is 32.2. The van der Waals surface area contributed by atoms with Gasteiger partial charge >= 0.3 is 0 Å². The van der Waals surface area contributed by atoms with Crippen molar-refractivity contribution in [3.8, 4) is 17.1 Å². The van der Waals surface area contributed by atoms with Gasteiger partial charge in [0.05, 0.1) is 18.1 Å². The van der Waals surface area contributed by atoms with E-state index in [0.717, 1.165) is 62.2 Å². The molecule has 1 saturated carbocycles. The van der Waals surface area contributed by atoms with Crippen molar-refractivity contribution in [2.45, 2.75) is 70.6 Å². The number of hydrogen-bond acceptors (Lipinski definition) is 7. The number of nitrogens with zero attached hydrogens (tertiary/aromatic N) is 3. The first-order chi connectivity index (χ1) is 22.0. The van der Waals surface area contributed by atoms with Crippen LogP contribution in [0.1, 0.15) is 68.6 Å². The number of rotatable bonds is 7. The predicted molar refractivity (Wildman–Crippen MR) is 178 cm³/mol. The molecule has 3 aromatic rings. The number of benzene rings is 2. The molecule has 248 valence electrons. The molecular weight excluding hydrogens is 603 g/mol. The van der Waals surface area contributed by atoms with Crippen LogP contribution in [-0.2, 0) is 14.8 Å². The number of fused-ring (bicyclic) bond motifs is 4. The molecule has 1 saturated heterocycles. The lowest BCUT2D eigenvalue weighted by Gasteiger charge is -2.55. The van der Waals surface area contributed by atoms with E-state index in [2.05, 4.69) is 39.5 Å². The van der Waals surface area contributed by atoms with Crippen molar-refractivity contribution in [2.24, 2.45) is 23.2 Å². The van der Waals surface area contributed by atoms with Gasteiger partial charge in [0.2, 0.25) is 11.8 Å². The van der Waals surface area contributed by atoms with E-state index in [4.69, 9.17) is 9.47 Å². The molecule has 2 aromatic carbocycles. The number of nitrogens with one attached hydrogen (secondary N) is 1. The van der Waals surface area contributed by atoms with Crippen LogP contribution < -0.4 is 9.46 Å². The van der Waals surface area contributed by atoms with E-state index in [9.17, 15) is 8.42 Å². The minimum absolute atomic E-state index is 0.0267. The number of methoxy groups -OCH3 is 1. The highest BCUT2D eigenvalue weighted by molar-refractivity contribution is 7.92. The summed E-state index contributed by atoms with van der Waals surface area (Å²) in [6.07, 6.45) is 5.39. The Labute approximate surface area is 273 Å². The molecule has 0 amide bonds. The smallest absolute Gasteiger partial charge is 0.264 e. The zero-order chi connectivity index (χ0) is 32.6. The number of halogens is 1. The molecule has 3 aliphatic rings. The van der Waals surface area contributed by atoms with E-state index < -0.39 is 15.8 Å². The van der Waals surface area contributed by atoms with Crippen LogP contribution in [0, 0.1) is 42.8 Å². The maximum absolute atomic E-state index is 16.3. The summed E-state index contributed by atoms with van der Waals surface area (Å²) in [6, 6.07) is 13.0. The molecule has 2 aliphatic heterocycles. The number of sulfonamides is 1. The first-order valence-electron chi connectivity index (χ1n) is 16.6. The first-order valence-corrected chi connectivity index (χ1v) is 18.1. The summed E-state index contributed by atoms with van der Waals surface area (Å²) in [6.45, 7) is 12.3. The molecule has 6 rings (SSSR count). The fourth-order valence-electron chi connectivity index (χ4n) is 8.21. The van der Waals surface area contributed by atoms with Crippen molar-refractivity contribution in [3.05, 3.63) is 65.0 Å². The van der Waals surface area contributed by atoms with Gasteiger partial charge in [-0.15, -0.1) is 0 Å². The van der Waals surface area contributed by atoms with Crippen molar-refractivity contribution in [1.29, 1.82) is 0 Å². The van der Waals surface area contributed by atoms with Gasteiger partial charge in [-0.1, -0.05) is 44.2 Å². The molecule has 1 N–H and O–H groups in total. The standard InChI is InChI=1S/C36H47FN4O4S/c1-23(2)18-27-22-45-34-32(37)33(30-24(3)8-6-9-25(30)4)38-35(39-34)40-46(42,43)29-11-7-10-26(19-29)31(27)28-20-36(21-28)12-14-41(15-13-36)16-17-44-5/h6-11,19,23,27-28,31H,12-18,20-22H2,1-5H3,(H,38,39,40)/t27-,31?/m1/s1. The summed E-state index contributed by atoms with van der Waals surface area (Å²) >= 11 is 0. The van der Waals surface area contributed by atoms with Gasteiger partial charge in [-0.2, -0.15) is 9.37 Å². The van der Waals surface area contributed by atoms with E-state index in [1.807, 2.05) is 44.2 Å². The van der Waals surface area contributed by atoms with E-state index >= 15 is 4.39 Å². The maximum Gasteiger partial charge on any atom is 0.264 e. The Morgan fingerprint density at radius 1 is 1.09 bits per heavy atom. The second-order valence-corrected chi connectivity index (χ2v) is 15.9. The van der Waals surface area contributed by atoms with Crippen molar-refractivity contribution in [1.82, 2.24) is 14.9 Å². The van der Waals surface area contributed by atoms with Gasteiger partial charge in [0.1, 0.15) is 5.69 Å². The van der Waals surface area contributed by atoms with Gasteiger partial charge in [-0.05, 0) is 111 Å². The van der Waals surface area contributed by atoms with Crippen molar-refractivity contribution in [2.75, 3.05) is 44.7 Å². The molecule has 46 heavy (non-hydrogen) atoms. The van der Waals surface area contributed by atoms with Gasteiger partial charge in [-0.25, -0.2) is 18.1 Å². The zero-order valence-electron chi connectivity index (χ0n) is 27.7. The van der Waals surface area contributed by atoms with E-state index in [0.29, 0.717) is 22.8 Å². The third-order valence-electron chi connectivity index (χ3n) is 10.5. The lowest BCUT2D eigenvalue weighted by molar-refractivity contribution is -0.0395. The lowest BCUT2D eigenvalue weighted by Crippen LogP contribution is -2.50. The number of aryl methyl sites for hydroxylation is 2. The summed E-state index contributed by atoms with van der Waals surface area (Å²) in [5, 5.41) is 0. The van der Waals surface area contributed by atoms with Crippen LogP contribution in [-0.4, -0.2) is 63.2 Å². The van der Waals surface area contributed by atoms with Crippen LogP contribution in [0.5, 0.6) is 5.88 Å². The highest BCUT2D eigenvalue weighted by Crippen LogP contribution is 2.59. The Balaban J connectivity index is 1.38. The maximum atomic E-state index is 16.3. The molecular formula is C36H47FN4O4S. The Morgan fingerprint density at radius 3 is 2.46 bits per heavy atom. The van der Waals surface area contributed by atoms with E-state index in [1.54, 1.807) is 13.2 Å². The summed E-state index contributed by atoms with van der Waals surface area (Å²) in [5.41, 5.74) is 3.60. The Hall–Kier alpha value is -3.08. The quantitative estimate of drug-likeness (QED) is 0.295. The minimum atomic E-state index is -4.07. The molecule has 1 aliphatic carbocycles. The predicted octanol–water partition coefficient (Wildman–Crippen LogP) is 6.98. The molecule has 1 unspecified atom stereocenters. The van der Waals surface area contributed by atoms with Gasteiger partial charge < -0.3 is 14.4 Å². The average Bonchev–Trinajstić information content (AvgIpc) is 2.99. The fraction of sp³-hybridized carbons (Fsp3) is 0.556. The minimum Gasteiger partial charge on any atom is -0.475 e. The Morgan fingerprint density at radius 2 is 1.78 bits per heavy atom. The number of ether oxygens (including phenoxy) is 2. The molecule has 1 aromatic heterocycles. The summed E-state index contributed by atoms with van der Waals surface area (Å²) < 4.78 is 58.0.